The Morgan fingerprint density at radius 2 is 1.90 bits per heavy atom. The summed E-state index contributed by atoms with van der Waals surface area (Å²) in [6.07, 6.45) is 1.87. The molecular formula is C14H18F2N4. The molecule has 0 atom stereocenters. The first-order valence-corrected chi connectivity index (χ1v) is 6.42. The maximum absolute atomic E-state index is 13.0. The quantitative estimate of drug-likeness (QED) is 0.936. The second-order valence-corrected chi connectivity index (χ2v) is 5.68. The molecule has 1 aromatic carbocycles. The second-order valence-electron chi connectivity index (χ2n) is 5.68. The Balaban J connectivity index is 1.89. The Kier molecular flexibility index (Phi) is 4.13. The van der Waals surface area contributed by atoms with Crippen molar-refractivity contribution in [2.75, 3.05) is 0 Å². The van der Waals surface area contributed by atoms with Crippen LogP contribution in [-0.4, -0.2) is 15.0 Å². The van der Waals surface area contributed by atoms with Gasteiger partial charge in [0.2, 0.25) is 0 Å². The molecule has 1 N–H and O–H groups in total. The molecule has 0 radical (unpaired) electrons. The van der Waals surface area contributed by atoms with E-state index in [9.17, 15) is 8.78 Å². The zero-order valence-electron chi connectivity index (χ0n) is 11.8. The molecule has 0 spiro atoms. The van der Waals surface area contributed by atoms with Crippen molar-refractivity contribution in [2.24, 2.45) is 0 Å². The number of aromatic nitrogens is 3. The summed E-state index contributed by atoms with van der Waals surface area (Å²) in [6, 6.07) is 3.87. The van der Waals surface area contributed by atoms with E-state index in [1.165, 1.54) is 6.07 Å². The Bertz CT molecular complexity index is 587. The van der Waals surface area contributed by atoms with Gasteiger partial charge in [0.1, 0.15) is 0 Å². The molecule has 20 heavy (non-hydrogen) atoms. The van der Waals surface area contributed by atoms with Crippen LogP contribution in [0, 0.1) is 11.6 Å². The minimum Gasteiger partial charge on any atom is -0.307 e. The van der Waals surface area contributed by atoms with Gasteiger partial charge in [-0.3, -0.25) is 0 Å². The van der Waals surface area contributed by atoms with Crippen LogP contribution in [0.1, 0.15) is 32.0 Å². The number of hydrogen-bond donors (Lipinski definition) is 1. The third-order valence-electron chi connectivity index (χ3n) is 2.85. The molecule has 108 valence electrons. The molecule has 0 unspecified atom stereocenters. The highest BCUT2D eigenvalue weighted by atomic mass is 19.2. The molecular weight excluding hydrogens is 262 g/mol. The summed E-state index contributed by atoms with van der Waals surface area (Å²) in [5.41, 5.74) is 1.39. The van der Waals surface area contributed by atoms with E-state index in [0.717, 1.165) is 11.8 Å². The predicted octanol–water partition coefficient (Wildman–Crippen LogP) is 2.60. The van der Waals surface area contributed by atoms with E-state index in [1.807, 2.05) is 27.0 Å². The molecule has 0 saturated carbocycles. The van der Waals surface area contributed by atoms with Gasteiger partial charge in [-0.1, -0.05) is 11.3 Å². The van der Waals surface area contributed by atoms with E-state index in [1.54, 1.807) is 10.7 Å². The van der Waals surface area contributed by atoms with Gasteiger partial charge in [-0.25, -0.2) is 13.5 Å². The lowest BCUT2D eigenvalue weighted by molar-refractivity contribution is 0.347. The van der Waals surface area contributed by atoms with Gasteiger partial charge in [-0.05, 0) is 38.5 Å². The molecule has 0 aliphatic heterocycles. The van der Waals surface area contributed by atoms with Crippen molar-refractivity contribution in [1.29, 1.82) is 0 Å². The van der Waals surface area contributed by atoms with Crippen LogP contribution < -0.4 is 5.32 Å². The highest BCUT2D eigenvalue weighted by molar-refractivity contribution is 5.17. The largest absolute Gasteiger partial charge is 0.307 e. The molecule has 2 aromatic rings. The second kappa shape index (κ2) is 5.66. The fourth-order valence-electron chi connectivity index (χ4n) is 1.69. The molecule has 1 aromatic heterocycles. The maximum atomic E-state index is 13.0. The van der Waals surface area contributed by atoms with Gasteiger partial charge in [-0.15, -0.1) is 5.10 Å². The van der Waals surface area contributed by atoms with E-state index < -0.39 is 11.6 Å². The van der Waals surface area contributed by atoms with Crippen molar-refractivity contribution >= 4 is 0 Å². The minimum absolute atomic E-state index is 0.106. The van der Waals surface area contributed by atoms with E-state index >= 15 is 0 Å². The highest BCUT2D eigenvalue weighted by Gasteiger charge is 2.14. The number of halogens is 2. The van der Waals surface area contributed by atoms with Gasteiger partial charge in [-0.2, -0.15) is 0 Å². The summed E-state index contributed by atoms with van der Waals surface area (Å²) >= 11 is 0. The number of rotatable bonds is 4. The van der Waals surface area contributed by atoms with Gasteiger partial charge < -0.3 is 5.32 Å². The molecule has 1 heterocycles. The molecule has 0 aliphatic carbocycles. The van der Waals surface area contributed by atoms with E-state index in [-0.39, 0.29) is 5.54 Å². The lowest BCUT2D eigenvalue weighted by atomic mass is 10.1. The van der Waals surface area contributed by atoms with Gasteiger partial charge in [0.05, 0.1) is 17.4 Å². The normalized spacial score (nSPS) is 11.8. The number of hydrogen-bond acceptors (Lipinski definition) is 3. The SMILES string of the molecule is CC(C)(C)n1cc(CNCc2ccc(F)c(F)c2)nn1. The van der Waals surface area contributed by atoms with Gasteiger partial charge in [0.25, 0.3) is 0 Å². The molecule has 0 bridgehead atoms. The molecule has 0 aliphatic rings. The van der Waals surface area contributed by atoms with Crippen molar-refractivity contribution in [1.82, 2.24) is 20.3 Å². The fraction of sp³-hybridized carbons (Fsp3) is 0.429. The first-order valence-electron chi connectivity index (χ1n) is 6.42. The molecule has 0 fully saturated rings. The van der Waals surface area contributed by atoms with E-state index in [2.05, 4.69) is 15.6 Å². The van der Waals surface area contributed by atoms with Gasteiger partial charge in [0, 0.05) is 13.1 Å². The first-order chi connectivity index (χ1) is 9.36. The molecule has 0 amide bonds. The molecule has 6 heteroatoms. The van der Waals surface area contributed by atoms with Crippen molar-refractivity contribution in [3.63, 3.8) is 0 Å². The van der Waals surface area contributed by atoms with Crippen LogP contribution in [0.3, 0.4) is 0 Å². The predicted molar refractivity (Wildman–Crippen MR) is 71.9 cm³/mol. The summed E-state index contributed by atoms with van der Waals surface area (Å²) in [5, 5.41) is 11.2. The Labute approximate surface area is 116 Å². The van der Waals surface area contributed by atoms with Crippen molar-refractivity contribution in [3.05, 3.63) is 47.3 Å². The average Bonchev–Trinajstić information content (AvgIpc) is 2.82. The smallest absolute Gasteiger partial charge is 0.159 e. The standard InChI is InChI=1S/C14H18F2N4/c1-14(2,3)20-9-11(18-19-20)8-17-7-10-4-5-12(15)13(16)6-10/h4-6,9,17H,7-8H2,1-3H3. The Morgan fingerprint density at radius 3 is 2.50 bits per heavy atom. The van der Waals surface area contributed by atoms with Crippen molar-refractivity contribution in [3.8, 4) is 0 Å². The zero-order chi connectivity index (χ0) is 14.8. The monoisotopic (exact) mass is 280 g/mol. The van der Waals surface area contributed by atoms with Crippen LogP contribution in [0.2, 0.25) is 0 Å². The average molecular weight is 280 g/mol. The molecule has 0 saturated heterocycles. The lowest BCUT2D eigenvalue weighted by Gasteiger charge is -2.17. The lowest BCUT2D eigenvalue weighted by Crippen LogP contribution is -2.22. The third kappa shape index (κ3) is 3.60. The first kappa shape index (κ1) is 14.6. The third-order valence-corrected chi connectivity index (χ3v) is 2.85. The van der Waals surface area contributed by atoms with Crippen LogP contribution in [0.15, 0.2) is 24.4 Å². The summed E-state index contributed by atoms with van der Waals surface area (Å²) in [6.45, 7) is 7.09. The summed E-state index contributed by atoms with van der Waals surface area (Å²) in [5.74, 6) is -1.66. The number of nitrogens with zero attached hydrogens (tertiary/aromatic N) is 3. The highest BCUT2D eigenvalue weighted by Crippen LogP contribution is 2.12. The topological polar surface area (TPSA) is 42.7 Å². The fourth-order valence-corrected chi connectivity index (χ4v) is 1.69. The number of nitrogens with one attached hydrogen (secondary N) is 1. The molecule has 4 nitrogen and oxygen atoms in total. The van der Waals surface area contributed by atoms with Crippen LogP contribution in [-0.2, 0) is 18.6 Å². The van der Waals surface area contributed by atoms with Gasteiger partial charge in [0.15, 0.2) is 11.6 Å². The van der Waals surface area contributed by atoms with Crippen molar-refractivity contribution in [2.45, 2.75) is 39.4 Å². The van der Waals surface area contributed by atoms with E-state index in [4.69, 9.17) is 0 Å². The maximum Gasteiger partial charge on any atom is 0.159 e. The number of benzene rings is 1. The zero-order valence-corrected chi connectivity index (χ0v) is 11.8. The van der Waals surface area contributed by atoms with Crippen LogP contribution in [0.25, 0.3) is 0 Å². The summed E-state index contributed by atoms with van der Waals surface area (Å²) in [7, 11) is 0. The summed E-state index contributed by atoms with van der Waals surface area (Å²) in [4.78, 5) is 0. The Hall–Kier alpha value is -1.82. The van der Waals surface area contributed by atoms with Crippen LogP contribution >= 0.6 is 0 Å². The minimum atomic E-state index is -0.832. The molecule has 2 rings (SSSR count). The summed E-state index contributed by atoms with van der Waals surface area (Å²) < 4.78 is 27.6. The van der Waals surface area contributed by atoms with Crippen LogP contribution in [0.5, 0.6) is 0 Å². The Morgan fingerprint density at radius 1 is 1.15 bits per heavy atom. The van der Waals surface area contributed by atoms with Crippen molar-refractivity contribution < 1.29 is 8.78 Å². The van der Waals surface area contributed by atoms with E-state index in [0.29, 0.717) is 18.7 Å². The van der Waals surface area contributed by atoms with Crippen LogP contribution in [0.4, 0.5) is 8.78 Å². The van der Waals surface area contributed by atoms with Gasteiger partial charge >= 0.3 is 0 Å².